The highest BCUT2D eigenvalue weighted by Gasteiger charge is 2.05. The van der Waals surface area contributed by atoms with Crippen LogP contribution in [-0.2, 0) is 17.6 Å². The lowest BCUT2D eigenvalue weighted by atomic mass is 10.1. The van der Waals surface area contributed by atoms with Crippen LogP contribution in [0.3, 0.4) is 0 Å². The maximum Gasteiger partial charge on any atom is 0.221 e. The normalized spacial score (nSPS) is 10.8. The summed E-state index contributed by atoms with van der Waals surface area (Å²) in [4.78, 5) is 14.0. The second-order valence-electron chi connectivity index (χ2n) is 3.88. The van der Waals surface area contributed by atoms with Crippen molar-refractivity contribution < 1.29 is 4.79 Å². The topological polar surface area (TPSA) is 84.9 Å². The number of rotatable bonds is 4. The van der Waals surface area contributed by atoms with Gasteiger partial charge in [0.05, 0.1) is 6.42 Å². The predicted molar refractivity (Wildman–Crippen MR) is 64.0 cm³/mol. The number of hydrogen-bond donors (Lipinski definition) is 3. The lowest BCUT2D eigenvalue weighted by molar-refractivity contribution is -0.117. The van der Waals surface area contributed by atoms with Gasteiger partial charge < -0.3 is 16.5 Å². The molecule has 16 heavy (non-hydrogen) atoms. The first-order chi connectivity index (χ1) is 7.70. The zero-order valence-electron chi connectivity index (χ0n) is 8.99. The van der Waals surface area contributed by atoms with Crippen LogP contribution in [0.2, 0.25) is 0 Å². The summed E-state index contributed by atoms with van der Waals surface area (Å²) in [7, 11) is 0. The van der Waals surface area contributed by atoms with E-state index >= 15 is 0 Å². The first-order valence-electron chi connectivity index (χ1n) is 5.28. The Morgan fingerprint density at radius 3 is 2.88 bits per heavy atom. The Balaban J connectivity index is 2.41. The molecule has 0 spiro atoms. The summed E-state index contributed by atoms with van der Waals surface area (Å²) in [5.41, 5.74) is 13.9. The van der Waals surface area contributed by atoms with Crippen LogP contribution in [0.5, 0.6) is 0 Å². The second-order valence-corrected chi connectivity index (χ2v) is 3.88. The van der Waals surface area contributed by atoms with Crippen molar-refractivity contribution in [3.8, 4) is 0 Å². The average molecular weight is 217 g/mol. The monoisotopic (exact) mass is 217 g/mol. The molecule has 0 unspecified atom stereocenters. The third-order valence-corrected chi connectivity index (χ3v) is 2.62. The number of nitrogens with two attached hydrogens (primary N) is 2. The van der Waals surface area contributed by atoms with Crippen molar-refractivity contribution in [2.45, 2.75) is 12.8 Å². The summed E-state index contributed by atoms with van der Waals surface area (Å²) in [6.45, 7) is 0.618. The molecule has 2 rings (SSSR count). The van der Waals surface area contributed by atoms with Crippen LogP contribution in [0.15, 0.2) is 24.4 Å². The Morgan fingerprint density at radius 1 is 1.38 bits per heavy atom. The van der Waals surface area contributed by atoms with Gasteiger partial charge in [-0.05, 0) is 36.2 Å². The van der Waals surface area contributed by atoms with E-state index < -0.39 is 0 Å². The van der Waals surface area contributed by atoms with Crippen molar-refractivity contribution >= 4 is 16.8 Å². The molecule has 84 valence electrons. The highest BCUT2D eigenvalue weighted by molar-refractivity contribution is 5.85. The van der Waals surface area contributed by atoms with Gasteiger partial charge in [0.1, 0.15) is 0 Å². The van der Waals surface area contributed by atoms with Crippen LogP contribution >= 0.6 is 0 Å². The molecule has 0 fully saturated rings. The van der Waals surface area contributed by atoms with Gasteiger partial charge in [0.25, 0.3) is 0 Å². The Morgan fingerprint density at radius 2 is 2.19 bits per heavy atom. The first-order valence-corrected chi connectivity index (χ1v) is 5.28. The van der Waals surface area contributed by atoms with Crippen LogP contribution in [0, 0.1) is 0 Å². The van der Waals surface area contributed by atoms with Crippen molar-refractivity contribution in [2.75, 3.05) is 6.54 Å². The van der Waals surface area contributed by atoms with Gasteiger partial charge in [-0.25, -0.2) is 0 Å². The lowest BCUT2D eigenvalue weighted by Crippen LogP contribution is -2.13. The van der Waals surface area contributed by atoms with Crippen molar-refractivity contribution in [3.63, 3.8) is 0 Å². The van der Waals surface area contributed by atoms with Crippen LogP contribution < -0.4 is 11.5 Å². The Bertz CT molecular complexity index is 516. The molecule has 1 aromatic carbocycles. The van der Waals surface area contributed by atoms with Gasteiger partial charge in [-0.3, -0.25) is 4.79 Å². The number of hydrogen-bond acceptors (Lipinski definition) is 2. The largest absolute Gasteiger partial charge is 0.369 e. The number of primary amides is 1. The van der Waals surface area contributed by atoms with Crippen LogP contribution in [-0.4, -0.2) is 17.4 Å². The van der Waals surface area contributed by atoms with Gasteiger partial charge in [0.15, 0.2) is 0 Å². The number of aromatic amines is 1. The molecule has 0 radical (unpaired) electrons. The van der Waals surface area contributed by atoms with Crippen molar-refractivity contribution in [3.05, 3.63) is 35.5 Å². The second kappa shape index (κ2) is 4.37. The van der Waals surface area contributed by atoms with E-state index in [1.807, 2.05) is 24.4 Å². The predicted octanol–water partition coefficient (Wildman–Crippen LogP) is 0.697. The number of amides is 1. The molecule has 0 saturated heterocycles. The van der Waals surface area contributed by atoms with E-state index in [2.05, 4.69) is 4.98 Å². The molecular formula is C12H15N3O. The van der Waals surface area contributed by atoms with Crippen molar-refractivity contribution in [1.29, 1.82) is 0 Å². The minimum atomic E-state index is -0.310. The fourth-order valence-corrected chi connectivity index (χ4v) is 1.90. The first kappa shape index (κ1) is 10.7. The molecule has 0 bridgehead atoms. The quantitative estimate of drug-likeness (QED) is 0.704. The molecule has 0 aliphatic carbocycles. The highest BCUT2D eigenvalue weighted by atomic mass is 16.1. The van der Waals surface area contributed by atoms with Crippen LogP contribution in [0.25, 0.3) is 10.9 Å². The third-order valence-electron chi connectivity index (χ3n) is 2.62. The minimum absolute atomic E-state index is 0.281. The number of aromatic nitrogens is 1. The summed E-state index contributed by atoms with van der Waals surface area (Å²) in [6, 6.07) is 5.88. The Labute approximate surface area is 93.6 Å². The number of carbonyl (C=O) groups excluding carboxylic acids is 1. The van der Waals surface area contributed by atoms with Gasteiger partial charge >= 0.3 is 0 Å². The zero-order valence-corrected chi connectivity index (χ0v) is 8.99. The van der Waals surface area contributed by atoms with E-state index in [4.69, 9.17) is 11.5 Å². The summed E-state index contributed by atoms with van der Waals surface area (Å²) < 4.78 is 0. The maximum atomic E-state index is 10.8. The zero-order chi connectivity index (χ0) is 11.5. The average Bonchev–Trinajstić information content (AvgIpc) is 2.61. The molecule has 0 atom stereocenters. The molecule has 0 saturated carbocycles. The summed E-state index contributed by atoms with van der Waals surface area (Å²) in [5.74, 6) is -0.310. The molecule has 0 aliphatic heterocycles. The molecule has 1 amide bonds. The number of benzene rings is 1. The van der Waals surface area contributed by atoms with Gasteiger partial charge in [-0.15, -0.1) is 0 Å². The fraction of sp³-hybridized carbons (Fsp3) is 0.250. The van der Waals surface area contributed by atoms with Crippen LogP contribution in [0.1, 0.15) is 11.1 Å². The third kappa shape index (κ3) is 2.06. The standard InChI is InChI=1S/C12H15N3O/c13-4-3-9-7-15-11-2-1-8(5-10(9)11)6-12(14)16/h1-2,5,7,15H,3-4,6,13H2,(H2,14,16). The summed E-state index contributed by atoms with van der Waals surface area (Å²) in [6.07, 6.45) is 3.08. The number of carbonyl (C=O) groups is 1. The number of H-pyrrole nitrogens is 1. The molecule has 4 heteroatoms. The van der Waals surface area contributed by atoms with E-state index in [0.29, 0.717) is 6.54 Å². The SMILES string of the molecule is NCCc1c[nH]c2ccc(CC(N)=O)cc12. The van der Waals surface area contributed by atoms with Crippen molar-refractivity contribution in [2.24, 2.45) is 11.5 Å². The molecule has 5 N–H and O–H groups in total. The summed E-state index contributed by atoms with van der Waals surface area (Å²) in [5, 5.41) is 1.13. The van der Waals surface area contributed by atoms with Crippen LogP contribution in [0.4, 0.5) is 0 Å². The molecule has 1 aromatic heterocycles. The van der Waals surface area contributed by atoms with Crippen molar-refractivity contribution in [1.82, 2.24) is 4.98 Å². The summed E-state index contributed by atoms with van der Waals surface area (Å²) >= 11 is 0. The minimum Gasteiger partial charge on any atom is -0.369 e. The van der Waals surface area contributed by atoms with E-state index in [9.17, 15) is 4.79 Å². The smallest absolute Gasteiger partial charge is 0.221 e. The Kier molecular flexibility index (Phi) is 2.92. The maximum absolute atomic E-state index is 10.8. The fourth-order valence-electron chi connectivity index (χ4n) is 1.90. The van der Waals surface area contributed by atoms with E-state index in [1.165, 1.54) is 5.56 Å². The van der Waals surface area contributed by atoms with Gasteiger partial charge in [0.2, 0.25) is 5.91 Å². The van der Waals surface area contributed by atoms with E-state index in [-0.39, 0.29) is 12.3 Å². The van der Waals surface area contributed by atoms with Gasteiger partial charge in [-0.1, -0.05) is 6.07 Å². The lowest BCUT2D eigenvalue weighted by Gasteiger charge is -2.00. The van der Waals surface area contributed by atoms with Gasteiger partial charge in [0, 0.05) is 17.1 Å². The Hall–Kier alpha value is -1.81. The molecule has 0 aliphatic rings. The molecule has 1 heterocycles. The highest BCUT2D eigenvalue weighted by Crippen LogP contribution is 2.20. The van der Waals surface area contributed by atoms with Gasteiger partial charge in [-0.2, -0.15) is 0 Å². The van der Waals surface area contributed by atoms with E-state index in [1.54, 1.807) is 0 Å². The molecule has 4 nitrogen and oxygen atoms in total. The number of nitrogens with one attached hydrogen (secondary N) is 1. The molecule has 2 aromatic rings. The van der Waals surface area contributed by atoms with E-state index in [0.717, 1.165) is 22.9 Å². The number of fused-ring (bicyclic) bond motifs is 1. The molecular weight excluding hydrogens is 202 g/mol.